The zero-order valence-corrected chi connectivity index (χ0v) is 18.4. The highest BCUT2D eigenvalue weighted by atomic mass is 35.5. The fourth-order valence-corrected chi connectivity index (χ4v) is 4.13. The summed E-state index contributed by atoms with van der Waals surface area (Å²) in [7, 11) is 0. The lowest BCUT2D eigenvalue weighted by Gasteiger charge is -2.32. The number of piperidine rings is 1. The number of carbonyl (C=O) groups is 1. The van der Waals surface area contributed by atoms with E-state index in [1.54, 1.807) is 30.3 Å². The average molecular weight is 469 g/mol. The van der Waals surface area contributed by atoms with Gasteiger partial charge in [-0.15, -0.1) is 12.4 Å². The Kier molecular flexibility index (Phi) is 8.52. The van der Waals surface area contributed by atoms with E-state index in [1.807, 2.05) is 10.6 Å². The molecule has 0 aliphatic carbocycles. The predicted molar refractivity (Wildman–Crippen MR) is 124 cm³/mol. The fraction of sp³-hybridized carbons (Fsp3) is 0.333. The normalized spacial score (nSPS) is 14.6. The smallest absolute Gasteiger partial charge is 0.326 e. The highest BCUT2D eigenvalue weighted by molar-refractivity contribution is 6.31. The minimum atomic E-state index is -0.276. The molecule has 5 N–H and O–H groups in total. The second-order valence-electron chi connectivity index (χ2n) is 7.31. The van der Waals surface area contributed by atoms with Crippen molar-refractivity contribution < 1.29 is 15.4 Å². The molecule has 0 unspecified atom stereocenters. The lowest BCUT2D eigenvalue weighted by molar-refractivity contribution is 0.0941. The number of H-pyrrole nitrogens is 1. The van der Waals surface area contributed by atoms with Gasteiger partial charge in [-0.2, -0.15) is 0 Å². The number of nitrogens with one attached hydrogen (secondary N) is 2. The van der Waals surface area contributed by atoms with E-state index in [0.29, 0.717) is 11.6 Å². The molecule has 0 saturated carbocycles. The van der Waals surface area contributed by atoms with Crippen molar-refractivity contribution in [3.05, 3.63) is 63.5 Å². The number of para-hydroxylation sites is 1. The lowest BCUT2D eigenvalue weighted by atomic mass is 10.0. The van der Waals surface area contributed by atoms with Crippen molar-refractivity contribution in [1.82, 2.24) is 19.8 Å². The van der Waals surface area contributed by atoms with Crippen molar-refractivity contribution in [1.29, 1.82) is 0 Å². The van der Waals surface area contributed by atoms with E-state index in [2.05, 4.69) is 15.2 Å². The van der Waals surface area contributed by atoms with Crippen molar-refractivity contribution in [3.8, 4) is 5.75 Å². The van der Waals surface area contributed by atoms with Gasteiger partial charge in [-0.3, -0.25) is 9.36 Å². The Labute approximate surface area is 190 Å². The minimum Gasteiger partial charge on any atom is -0.507 e. The van der Waals surface area contributed by atoms with E-state index in [9.17, 15) is 14.7 Å². The van der Waals surface area contributed by atoms with Crippen LogP contribution in [0.5, 0.6) is 5.75 Å². The molecule has 1 fully saturated rings. The van der Waals surface area contributed by atoms with Crippen molar-refractivity contribution in [3.63, 3.8) is 0 Å². The van der Waals surface area contributed by atoms with Crippen LogP contribution in [0.4, 0.5) is 0 Å². The number of phenolic OH excluding ortho intramolecular Hbond substituents is 1. The van der Waals surface area contributed by atoms with Gasteiger partial charge in [0.05, 0.1) is 16.6 Å². The molecule has 31 heavy (non-hydrogen) atoms. The maximum absolute atomic E-state index is 12.4. The first kappa shape index (κ1) is 24.7. The zero-order valence-electron chi connectivity index (χ0n) is 16.8. The monoisotopic (exact) mass is 468 g/mol. The number of imidazole rings is 1. The zero-order chi connectivity index (χ0) is 20.4. The summed E-state index contributed by atoms with van der Waals surface area (Å²) in [6.45, 7) is 2.93. The van der Waals surface area contributed by atoms with Crippen LogP contribution in [0, 0.1) is 0 Å². The molecular weight excluding hydrogens is 443 g/mol. The van der Waals surface area contributed by atoms with Crippen LogP contribution in [-0.4, -0.2) is 57.1 Å². The largest absolute Gasteiger partial charge is 0.507 e. The quantitative estimate of drug-likeness (QED) is 0.531. The summed E-state index contributed by atoms with van der Waals surface area (Å²) < 4.78 is 1.84. The molecular formula is C21H26Cl2N4O4. The van der Waals surface area contributed by atoms with Crippen LogP contribution in [0.3, 0.4) is 0 Å². The van der Waals surface area contributed by atoms with Gasteiger partial charge < -0.3 is 25.8 Å². The third-order valence-electron chi connectivity index (χ3n) is 5.46. The third-order valence-corrected chi connectivity index (χ3v) is 5.70. The first-order valence-corrected chi connectivity index (χ1v) is 10.1. The number of halogens is 2. The standard InChI is InChI=1S/C21H23ClN4O3.ClH.H2O/c22-14-5-6-18-17(13-14)24-21(29)26(18)15-7-10-25(11-8-15)12-9-23-20(28)16-3-1-2-4-19(16)27;;/h1-6,13,15,27H,7-12H2,(H,23,28)(H,24,29);1H;1H2. The SMILES string of the molecule is Cl.O.O=C(NCCN1CCC(n2c(=O)[nH]c3cc(Cl)ccc32)CC1)c1ccccc1O. The first-order chi connectivity index (χ1) is 14.0. The predicted octanol–water partition coefficient (Wildman–Crippen LogP) is 2.35. The molecule has 1 saturated heterocycles. The maximum Gasteiger partial charge on any atom is 0.326 e. The molecule has 0 atom stereocenters. The summed E-state index contributed by atoms with van der Waals surface area (Å²) in [5.41, 5.74) is 1.82. The van der Waals surface area contributed by atoms with Gasteiger partial charge in [-0.05, 0) is 43.2 Å². The van der Waals surface area contributed by atoms with Crippen LogP contribution in [0.15, 0.2) is 47.3 Å². The van der Waals surface area contributed by atoms with E-state index in [-0.39, 0.29) is 46.8 Å². The summed E-state index contributed by atoms with van der Waals surface area (Å²) >= 11 is 6.02. The molecule has 10 heteroatoms. The number of hydrogen-bond acceptors (Lipinski definition) is 4. The molecule has 2 aromatic carbocycles. The van der Waals surface area contributed by atoms with Gasteiger partial charge >= 0.3 is 5.69 Å². The molecule has 2 heterocycles. The molecule has 0 spiro atoms. The number of hydrogen-bond donors (Lipinski definition) is 3. The van der Waals surface area contributed by atoms with E-state index in [4.69, 9.17) is 11.6 Å². The summed E-state index contributed by atoms with van der Waals surface area (Å²) in [5, 5.41) is 13.2. The van der Waals surface area contributed by atoms with Gasteiger partial charge in [0, 0.05) is 37.2 Å². The van der Waals surface area contributed by atoms with Crippen molar-refractivity contribution >= 4 is 40.9 Å². The Morgan fingerprint density at radius 3 is 2.61 bits per heavy atom. The number of fused-ring (bicyclic) bond motifs is 1. The van der Waals surface area contributed by atoms with Crippen LogP contribution in [0.1, 0.15) is 29.2 Å². The number of likely N-dealkylation sites (tertiary alicyclic amines) is 1. The molecule has 0 radical (unpaired) electrons. The van der Waals surface area contributed by atoms with Gasteiger partial charge in [0.2, 0.25) is 0 Å². The summed E-state index contributed by atoms with van der Waals surface area (Å²) in [6, 6.07) is 12.1. The number of aromatic hydroxyl groups is 1. The molecule has 3 aromatic rings. The number of aromatic amines is 1. The first-order valence-electron chi connectivity index (χ1n) is 9.71. The van der Waals surface area contributed by atoms with Crippen LogP contribution in [0.2, 0.25) is 5.02 Å². The van der Waals surface area contributed by atoms with Crippen molar-refractivity contribution in [2.75, 3.05) is 26.2 Å². The Bertz CT molecular complexity index is 1090. The van der Waals surface area contributed by atoms with Gasteiger partial charge in [-0.25, -0.2) is 4.79 Å². The van der Waals surface area contributed by atoms with Crippen molar-refractivity contribution in [2.24, 2.45) is 0 Å². The molecule has 8 nitrogen and oxygen atoms in total. The molecule has 1 aliphatic rings. The fourth-order valence-electron chi connectivity index (χ4n) is 3.96. The molecule has 4 rings (SSSR count). The van der Waals surface area contributed by atoms with E-state index >= 15 is 0 Å². The van der Waals surface area contributed by atoms with Crippen LogP contribution >= 0.6 is 24.0 Å². The number of phenols is 1. The minimum absolute atomic E-state index is 0. The number of benzene rings is 2. The van der Waals surface area contributed by atoms with Gasteiger partial charge in [0.1, 0.15) is 5.75 Å². The van der Waals surface area contributed by atoms with Crippen molar-refractivity contribution in [2.45, 2.75) is 18.9 Å². The van der Waals surface area contributed by atoms with E-state index in [1.165, 1.54) is 6.07 Å². The highest BCUT2D eigenvalue weighted by Gasteiger charge is 2.23. The van der Waals surface area contributed by atoms with Gasteiger partial charge in [0.25, 0.3) is 5.91 Å². The Hall–Kier alpha value is -2.52. The lowest BCUT2D eigenvalue weighted by Crippen LogP contribution is -2.41. The molecule has 1 aromatic heterocycles. The summed E-state index contributed by atoms with van der Waals surface area (Å²) in [4.78, 5) is 29.7. The van der Waals surface area contributed by atoms with E-state index in [0.717, 1.165) is 43.5 Å². The van der Waals surface area contributed by atoms with Gasteiger partial charge in [-0.1, -0.05) is 23.7 Å². The average Bonchev–Trinajstić information content (AvgIpc) is 3.03. The van der Waals surface area contributed by atoms with Crippen LogP contribution < -0.4 is 11.0 Å². The summed E-state index contributed by atoms with van der Waals surface area (Å²) in [6.07, 6.45) is 1.73. The Morgan fingerprint density at radius 1 is 1.19 bits per heavy atom. The number of rotatable bonds is 5. The van der Waals surface area contributed by atoms with Crippen LogP contribution in [-0.2, 0) is 0 Å². The number of nitrogens with zero attached hydrogens (tertiary/aromatic N) is 2. The number of amides is 1. The number of aromatic nitrogens is 2. The molecule has 168 valence electrons. The van der Waals surface area contributed by atoms with Gasteiger partial charge in [0.15, 0.2) is 0 Å². The highest BCUT2D eigenvalue weighted by Crippen LogP contribution is 2.26. The molecule has 1 amide bonds. The summed E-state index contributed by atoms with van der Waals surface area (Å²) in [5.74, 6) is -0.293. The van der Waals surface area contributed by atoms with E-state index < -0.39 is 0 Å². The topological polar surface area (TPSA) is 122 Å². The van der Waals surface area contributed by atoms with Crippen LogP contribution in [0.25, 0.3) is 11.0 Å². The molecule has 0 bridgehead atoms. The third kappa shape index (κ3) is 5.40. The second-order valence-corrected chi connectivity index (χ2v) is 7.74. The second kappa shape index (κ2) is 10.7. The Balaban J connectivity index is 0.00000171. The Morgan fingerprint density at radius 2 is 1.90 bits per heavy atom. The number of carbonyl (C=O) groups excluding carboxylic acids is 1. The molecule has 1 aliphatic heterocycles. The maximum atomic E-state index is 12.4.